The van der Waals surface area contributed by atoms with Gasteiger partial charge >= 0.3 is 0 Å². The van der Waals surface area contributed by atoms with Crippen LogP contribution in [-0.4, -0.2) is 23.2 Å². The second-order valence-electron chi connectivity index (χ2n) is 4.77. The van der Waals surface area contributed by atoms with Crippen molar-refractivity contribution in [3.8, 4) is 5.75 Å². The molecule has 0 spiro atoms. The number of hydrogen-bond acceptors (Lipinski definition) is 3. The SMILES string of the molecule is CCn1cnc2c1C(c1ccc(OC)cc1)NCC2. The smallest absolute Gasteiger partial charge is 0.118 e. The molecular weight excluding hydrogens is 238 g/mol. The zero-order valence-corrected chi connectivity index (χ0v) is 11.4. The third kappa shape index (κ3) is 2.12. The van der Waals surface area contributed by atoms with Gasteiger partial charge in [0.15, 0.2) is 0 Å². The Bertz CT molecular complexity index is 546. The molecule has 100 valence electrons. The van der Waals surface area contributed by atoms with Crippen molar-refractivity contribution in [1.29, 1.82) is 0 Å². The third-order valence-electron chi connectivity index (χ3n) is 3.73. The van der Waals surface area contributed by atoms with Crippen LogP contribution in [0.5, 0.6) is 5.75 Å². The molecule has 4 heteroatoms. The first-order valence-corrected chi connectivity index (χ1v) is 6.74. The van der Waals surface area contributed by atoms with Gasteiger partial charge in [-0.15, -0.1) is 0 Å². The van der Waals surface area contributed by atoms with Crippen LogP contribution in [0.3, 0.4) is 0 Å². The van der Waals surface area contributed by atoms with Gasteiger partial charge in [0.05, 0.1) is 30.9 Å². The summed E-state index contributed by atoms with van der Waals surface area (Å²) in [6, 6.07) is 8.50. The maximum atomic E-state index is 5.22. The van der Waals surface area contributed by atoms with E-state index < -0.39 is 0 Å². The van der Waals surface area contributed by atoms with E-state index in [0.29, 0.717) is 0 Å². The number of fused-ring (bicyclic) bond motifs is 1. The average Bonchev–Trinajstić information content (AvgIpc) is 2.90. The van der Waals surface area contributed by atoms with Gasteiger partial charge in [-0.3, -0.25) is 0 Å². The number of imidazole rings is 1. The standard InChI is InChI=1S/C15H19N3O/c1-3-18-10-17-13-8-9-16-14(15(13)18)11-4-6-12(19-2)7-5-11/h4-7,10,14,16H,3,8-9H2,1-2H3. The molecule has 0 aliphatic carbocycles. The molecule has 0 radical (unpaired) electrons. The van der Waals surface area contributed by atoms with E-state index in [9.17, 15) is 0 Å². The van der Waals surface area contributed by atoms with Crippen LogP contribution in [0.25, 0.3) is 0 Å². The first-order chi connectivity index (χ1) is 9.33. The fourth-order valence-corrected chi connectivity index (χ4v) is 2.71. The molecule has 1 N–H and O–H groups in total. The van der Waals surface area contributed by atoms with E-state index in [1.165, 1.54) is 17.0 Å². The number of nitrogens with zero attached hydrogens (tertiary/aromatic N) is 2. The van der Waals surface area contributed by atoms with Crippen molar-refractivity contribution in [3.63, 3.8) is 0 Å². The van der Waals surface area contributed by atoms with Crippen LogP contribution in [0.4, 0.5) is 0 Å². The maximum absolute atomic E-state index is 5.22. The summed E-state index contributed by atoms with van der Waals surface area (Å²) in [6.45, 7) is 4.09. The van der Waals surface area contributed by atoms with Crippen molar-refractivity contribution in [1.82, 2.24) is 14.9 Å². The van der Waals surface area contributed by atoms with E-state index in [2.05, 4.69) is 33.9 Å². The van der Waals surface area contributed by atoms with Crippen molar-refractivity contribution >= 4 is 0 Å². The van der Waals surface area contributed by atoms with Crippen molar-refractivity contribution in [2.75, 3.05) is 13.7 Å². The number of methoxy groups -OCH3 is 1. The van der Waals surface area contributed by atoms with Crippen molar-refractivity contribution in [2.24, 2.45) is 0 Å². The van der Waals surface area contributed by atoms with Crippen LogP contribution >= 0.6 is 0 Å². The lowest BCUT2D eigenvalue weighted by molar-refractivity contribution is 0.414. The van der Waals surface area contributed by atoms with Gasteiger partial charge in [-0.2, -0.15) is 0 Å². The Balaban J connectivity index is 1.99. The number of aromatic nitrogens is 2. The number of nitrogens with one attached hydrogen (secondary N) is 1. The van der Waals surface area contributed by atoms with Gasteiger partial charge in [0.25, 0.3) is 0 Å². The normalized spacial score (nSPS) is 18.1. The minimum Gasteiger partial charge on any atom is -0.497 e. The summed E-state index contributed by atoms with van der Waals surface area (Å²) >= 11 is 0. The number of benzene rings is 1. The van der Waals surface area contributed by atoms with Gasteiger partial charge in [0.2, 0.25) is 0 Å². The van der Waals surface area contributed by atoms with E-state index in [4.69, 9.17) is 4.74 Å². The molecule has 0 saturated heterocycles. The van der Waals surface area contributed by atoms with E-state index >= 15 is 0 Å². The minimum atomic E-state index is 0.233. The fourth-order valence-electron chi connectivity index (χ4n) is 2.71. The Morgan fingerprint density at radius 1 is 1.37 bits per heavy atom. The molecule has 3 rings (SSSR count). The number of hydrogen-bond donors (Lipinski definition) is 1. The van der Waals surface area contributed by atoms with Crippen molar-refractivity contribution in [2.45, 2.75) is 25.9 Å². The third-order valence-corrected chi connectivity index (χ3v) is 3.73. The van der Waals surface area contributed by atoms with E-state index in [0.717, 1.165) is 25.3 Å². The topological polar surface area (TPSA) is 39.1 Å². The quantitative estimate of drug-likeness (QED) is 0.915. The molecule has 1 aliphatic rings. The van der Waals surface area contributed by atoms with Crippen molar-refractivity contribution < 1.29 is 4.74 Å². The zero-order chi connectivity index (χ0) is 13.2. The molecule has 0 bridgehead atoms. The number of aryl methyl sites for hydroxylation is 1. The summed E-state index contributed by atoms with van der Waals surface area (Å²) in [7, 11) is 1.69. The van der Waals surface area contributed by atoms with Crippen LogP contribution in [-0.2, 0) is 13.0 Å². The lowest BCUT2D eigenvalue weighted by Gasteiger charge is -2.26. The molecule has 1 atom stereocenters. The van der Waals surface area contributed by atoms with E-state index in [1.54, 1.807) is 7.11 Å². The van der Waals surface area contributed by atoms with Crippen LogP contribution in [0.15, 0.2) is 30.6 Å². The summed E-state index contributed by atoms with van der Waals surface area (Å²) in [4.78, 5) is 4.54. The lowest BCUT2D eigenvalue weighted by Crippen LogP contribution is -2.32. The van der Waals surface area contributed by atoms with Crippen LogP contribution < -0.4 is 10.1 Å². The van der Waals surface area contributed by atoms with Gasteiger partial charge in [-0.25, -0.2) is 4.98 Å². The van der Waals surface area contributed by atoms with Gasteiger partial charge in [0.1, 0.15) is 5.75 Å². The molecule has 0 fully saturated rings. The molecule has 0 saturated carbocycles. The van der Waals surface area contributed by atoms with Crippen LogP contribution in [0, 0.1) is 0 Å². The Morgan fingerprint density at radius 3 is 2.84 bits per heavy atom. The van der Waals surface area contributed by atoms with Gasteiger partial charge in [0, 0.05) is 19.5 Å². The first-order valence-electron chi connectivity index (χ1n) is 6.74. The molecular formula is C15H19N3O. The summed E-state index contributed by atoms with van der Waals surface area (Å²) < 4.78 is 7.45. The largest absolute Gasteiger partial charge is 0.497 e. The Labute approximate surface area is 113 Å². The highest BCUT2D eigenvalue weighted by Gasteiger charge is 2.25. The molecule has 1 aromatic carbocycles. The molecule has 1 unspecified atom stereocenters. The molecule has 4 nitrogen and oxygen atoms in total. The fraction of sp³-hybridized carbons (Fsp3) is 0.400. The molecule has 2 aromatic rings. The molecule has 1 aromatic heterocycles. The van der Waals surface area contributed by atoms with E-state index in [1.807, 2.05) is 18.5 Å². The summed E-state index contributed by atoms with van der Waals surface area (Å²) in [5, 5.41) is 3.59. The van der Waals surface area contributed by atoms with E-state index in [-0.39, 0.29) is 6.04 Å². The number of ether oxygens (including phenoxy) is 1. The first kappa shape index (κ1) is 12.2. The van der Waals surface area contributed by atoms with Crippen LogP contribution in [0.1, 0.15) is 29.9 Å². The van der Waals surface area contributed by atoms with Crippen molar-refractivity contribution in [3.05, 3.63) is 47.5 Å². The lowest BCUT2D eigenvalue weighted by atomic mass is 9.97. The summed E-state index contributed by atoms with van der Waals surface area (Å²) in [5.74, 6) is 0.892. The average molecular weight is 257 g/mol. The summed E-state index contributed by atoms with van der Waals surface area (Å²) in [6.07, 6.45) is 2.96. The Hall–Kier alpha value is -1.81. The monoisotopic (exact) mass is 257 g/mol. The molecule has 2 heterocycles. The zero-order valence-electron chi connectivity index (χ0n) is 11.4. The highest BCUT2D eigenvalue weighted by molar-refractivity contribution is 5.36. The van der Waals surface area contributed by atoms with Crippen LogP contribution in [0.2, 0.25) is 0 Å². The second-order valence-corrected chi connectivity index (χ2v) is 4.77. The minimum absolute atomic E-state index is 0.233. The van der Waals surface area contributed by atoms with Gasteiger partial charge < -0.3 is 14.6 Å². The summed E-state index contributed by atoms with van der Waals surface area (Å²) in [5.41, 5.74) is 3.79. The number of rotatable bonds is 3. The molecule has 1 aliphatic heterocycles. The molecule has 19 heavy (non-hydrogen) atoms. The highest BCUT2D eigenvalue weighted by atomic mass is 16.5. The van der Waals surface area contributed by atoms with Gasteiger partial charge in [-0.1, -0.05) is 12.1 Å². The maximum Gasteiger partial charge on any atom is 0.118 e. The highest BCUT2D eigenvalue weighted by Crippen LogP contribution is 2.29. The molecule has 0 amide bonds. The Kier molecular flexibility index (Phi) is 3.25. The predicted octanol–water partition coefficient (Wildman–Crippen LogP) is 2.15. The Morgan fingerprint density at radius 2 is 2.16 bits per heavy atom. The second kappa shape index (κ2) is 5.05. The predicted molar refractivity (Wildman–Crippen MR) is 74.4 cm³/mol. The van der Waals surface area contributed by atoms with Gasteiger partial charge in [-0.05, 0) is 24.6 Å².